The molecule has 124 valence electrons. The second-order valence-corrected chi connectivity index (χ2v) is 6.86. The van der Waals surface area contributed by atoms with E-state index < -0.39 is 0 Å². The number of fused-ring (bicyclic) bond motifs is 1. The number of hydrogen-bond donors (Lipinski definition) is 0. The van der Waals surface area contributed by atoms with E-state index in [9.17, 15) is 4.79 Å². The lowest BCUT2D eigenvalue weighted by molar-refractivity contribution is 0.103. The van der Waals surface area contributed by atoms with Gasteiger partial charge in [0.15, 0.2) is 5.78 Å². The standard InChI is InChI=1S/C20H21BrN2O/c1-3-5-8-17-18(20(24)15-9-11-16(21)12-10-15)19-14(4-2)7-6-13-23(19)22-17/h6-7,9-13H,3-5,8H2,1-2H3. The van der Waals surface area contributed by atoms with Crippen molar-refractivity contribution in [3.05, 3.63) is 69.5 Å². The Balaban J connectivity index is 2.19. The van der Waals surface area contributed by atoms with Crippen LogP contribution in [0.25, 0.3) is 5.52 Å². The molecule has 2 heterocycles. The maximum atomic E-state index is 13.2. The molecule has 0 amide bonds. The average Bonchev–Trinajstić information content (AvgIpc) is 2.98. The van der Waals surface area contributed by atoms with Crippen LogP contribution in [0, 0.1) is 0 Å². The lowest BCUT2D eigenvalue weighted by atomic mass is 9.97. The summed E-state index contributed by atoms with van der Waals surface area (Å²) in [6.07, 6.45) is 5.76. The highest BCUT2D eigenvalue weighted by Crippen LogP contribution is 2.25. The molecule has 2 aromatic heterocycles. The van der Waals surface area contributed by atoms with Crippen LogP contribution in [0.5, 0.6) is 0 Å². The fourth-order valence-corrected chi connectivity index (χ4v) is 3.27. The SMILES string of the molecule is CCCCc1nn2cccc(CC)c2c1C(=O)c1ccc(Br)cc1. The molecule has 0 radical (unpaired) electrons. The van der Waals surface area contributed by atoms with Crippen LogP contribution < -0.4 is 0 Å². The van der Waals surface area contributed by atoms with Crippen LogP contribution in [0.4, 0.5) is 0 Å². The Morgan fingerprint density at radius 2 is 1.92 bits per heavy atom. The van der Waals surface area contributed by atoms with Crippen LogP contribution in [-0.2, 0) is 12.8 Å². The second kappa shape index (κ2) is 7.31. The highest BCUT2D eigenvalue weighted by Gasteiger charge is 2.22. The summed E-state index contributed by atoms with van der Waals surface area (Å²) in [6.45, 7) is 4.27. The molecule has 3 rings (SSSR count). The Morgan fingerprint density at radius 3 is 2.58 bits per heavy atom. The number of unbranched alkanes of at least 4 members (excludes halogenated alkanes) is 1. The highest BCUT2D eigenvalue weighted by atomic mass is 79.9. The minimum absolute atomic E-state index is 0.0597. The second-order valence-electron chi connectivity index (χ2n) is 5.94. The maximum Gasteiger partial charge on any atom is 0.197 e. The molecule has 0 unspecified atom stereocenters. The third-order valence-corrected chi connectivity index (χ3v) is 4.82. The minimum atomic E-state index is 0.0597. The number of pyridine rings is 1. The number of carbonyl (C=O) groups is 1. The number of halogens is 1. The Hall–Kier alpha value is -1.94. The third-order valence-electron chi connectivity index (χ3n) is 4.29. The number of aromatic nitrogens is 2. The van der Waals surface area contributed by atoms with Gasteiger partial charge in [0.25, 0.3) is 0 Å². The number of nitrogens with zero attached hydrogens (tertiary/aromatic N) is 2. The number of ketones is 1. The average molecular weight is 385 g/mol. The fraction of sp³-hybridized carbons (Fsp3) is 0.300. The van der Waals surface area contributed by atoms with Gasteiger partial charge < -0.3 is 0 Å². The van der Waals surface area contributed by atoms with Crippen LogP contribution in [-0.4, -0.2) is 15.4 Å². The van der Waals surface area contributed by atoms with E-state index in [-0.39, 0.29) is 5.78 Å². The molecule has 24 heavy (non-hydrogen) atoms. The zero-order valence-corrected chi connectivity index (χ0v) is 15.6. The first-order chi connectivity index (χ1) is 11.7. The van der Waals surface area contributed by atoms with E-state index in [0.29, 0.717) is 5.56 Å². The van der Waals surface area contributed by atoms with Gasteiger partial charge in [-0.1, -0.05) is 42.3 Å². The largest absolute Gasteiger partial charge is 0.288 e. The molecule has 3 aromatic rings. The molecule has 0 fully saturated rings. The van der Waals surface area contributed by atoms with Crippen molar-refractivity contribution in [2.75, 3.05) is 0 Å². The molecule has 1 aromatic carbocycles. The summed E-state index contributed by atoms with van der Waals surface area (Å²) in [5, 5.41) is 4.71. The quantitative estimate of drug-likeness (QED) is 0.545. The number of carbonyl (C=O) groups excluding carboxylic acids is 1. The van der Waals surface area contributed by atoms with Gasteiger partial charge in [-0.25, -0.2) is 4.52 Å². The summed E-state index contributed by atoms with van der Waals surface area (Å²) in [5.41, 5.74) is 4.50. The highest BCUT2D eigenvalue weighted by molar-refractivity contribution is 9.10. The zero-order chi connectivity index (χ0) is 17.1. The molecule has 0 aliphatic heterocycles. The molecule has 3 nitrogen and oxygen atoms in total. The van der Waals surface area contributed by atoms with Crippen LogP contribution >= 0.6 is 15.9 Å². The predicted octanol–water partition coefficient (Wildman–Crippen LogP) is 5.23. The summed E-state index contributed by atoms with van der Waals surface area (Å²) < 4.78 is 2.84. The molecular formula is C20H21BrN2O. The zero-order valence-electron chi connectivity index (χ0n) is 14.1. The summed E-state index contributed by atoms with van der Waals surface area (Å²) >= 11 is 3.43. The smallest absolute Gasteiger partial charge is 0.197 e. The van der Waals surface area contributed by atoms with Gasteiger partial charge in [0, 0.05) is 16.2 Å². The predicted molar refractivity (Wildman–Crippen MR) is 101 cm³/mol. The van der Waals surface area contributed by atoms with Crippen molar-refractivity contribution in [3.63, 3.8) is 0 Å². The van der Waals surface area contributed by atoms with Crippen molar-refractivity contribution in [2.24, 2.45) is 0 Å². The molecule has 0 aliphatic carbocycles. The van der Waals surface area contributed by atoms with Gasteiger partial charge in [-0.15, -0.1) is 0 Å². The van der Waals surface area contributed by atoms with Crippen molar-refractivity contribution in [2.45, 2.75) is 39.5 Å². The third kappa shape index (κ3) is 3.16. The van der Waals surface area contributed by atoms with Gasteiger partial charge >= 0.3 is 0 Å². The van der Waals surface area contributed by atoms with Gasteiger partial charge in [0.2, 0.25) is 0 Å². The summed E-state index contributed by atoms with van der Waals surface area (Å²) in [5.74, 6) is 0.0597. The van der Waals surface area contributed by atoms with Crippen molar-refractivity contribution in [3.8, 4) is 0 Å². The van der Waals surface area contributed by atoms with E-state index in [2.05, 4.69) is 35.8 Å². The van der Waals surface area contributed by atoms with Crippen LogP contribution in [0.3, 0.4) is 0 Å². The van der Waals surface area contributed by atoms with Crippen molar-refractivity contribution in [1.29, 1.82) is 0 Å². The van der Waals surface area contributed by atoms with E-state index in [1.54, 1.807) is 0 Å². The van der Waals surface area contributed by atoms with Gasteiger partial charge in [0.1, 0.15) is 0 Å². The maximum absolute atomic E-state index is 13.2. The van der Waals surface area contributed by atoms with Crippen molar-refractivity contribution >= 4 is 27.2 Å². The van der Waals surface area contributed by atoms with E-state index in [1.165, 1.54) is 0 Å². The van der Waals surface area contributed by atoms with Crippen LogP contribution in [0.2, 0.25) is 0 Å². The fourth-order valence-electron chi connectivity index (χ4n) is 3.01. The molecule has 0 bridgehead atoms. The molecule has 0 saturated carbocycles. The van der Waals surface area contributed by atoms with Crippen LogP contribution in [0.15, 0.2) is 47.1 Å². The van der Waals surface area contributed by atoms with E-state index in [0.717, 1.165) is 52.5 Å². The molecule has 0 aliphatic rings. The lowest BCUT2D eigenvalue weighted by Gasteiger charge is -2.06. The Morgan fingerprint density at radius 1 is 1.17 bits per heavy atom. The normalized spacial score (nSPS) is 11.1. The number of aryl methyl sites for hydroxylation is 2. The van der Waals surface area contributed by atoms with Crippen molar-refractivity contribution in [1.82, 2.24) is 9.61 Å². The first-order valence-electron chi connectivity index (χ1n) is 8.45. The monoisotopic (exact) mass is 384 g/mol. The van der Waals surface area contributed by atoms with E-state index in [1.807, 2.05) is 41.0 Å². The van der Waals surface area contributed by atoms with Crippen molar-refractivity contribution < 1.29 is 4.79 Å². The van der Waals surface area contributed by atoms with E-state index >= 15 is 0 Å². The number of rotatable bonds is 6. The molecule has 0 spiro atoms. The molecule has 0 saturated heterocycles. The van der Waals surface area contributed by atoms with Gasteiger partial charge in [-0.05, 0) is 55.2 Å². The number of hydrogen-bond acceptors (Lipinski definition) is 2. The summed E-state index contributed by atoms with van der Waals surface area (Å²) in [4.78, 5) is 13.2. The molecule has 4 heteroatoms. The molecular weight excluding hydrogens is 364 g/mol. The number of benzene rings is 1. The van der Waals surface area contributed by atoms with E-state index in [4.69, 9.17) is 5.10 Å². The first-order valence-corrected chi connectivity index (χ1v) is 9.24. The minimum Gasteiger partial charge on any atom is -0.288 e. The molecule has 0 N–H and O–H groups in total. The Bertz CT molecular complexity index is 865. The summed E-state index contributed by atoms with van der Waals surface area (Å²) in [7, 11) is 0. The molecule has 0 atom stereocenters. The van der Waals surface area contributed by atoms with Gasteiger partial charge in [-0.2, -0.15) is 5.10 Å². The topological polar surface area (TPSA) is 34.4 Å². The Kier molecular flexibility index (Phi) is 5.14. The Labute approximate surface area is 150 Å². The lowest BCUT2D eigenvalue weighted by Crippen LogP contribution is -2.05. The summed E-state index contributed by atoms with van der Waals surface area (Å²) in [6, 6.07) is 11.6. The van der Waals surface area contributed by atoms with Gasteiger partial charge in [-0.3, -0.25) is 4.79 Å². The first kappa shape index (κ1) is 16.9. The van der Waals surface area contributed by atoms with Crippen LogP contribution in [0.1, 0.15) is 53.9 Å². The van der Waals surface area contributed by atoms with Gasteiger partial charge in [0.05, 0.1) is 16.8 Å².